The second kappa shape index (κ2) is 7.45. The maximum absolute atomic E-state index is 12.9. The summed E-state index contributed by atoms with van der Waals surface area (Å²) in [6, 6.07) is 11.3. The summed E-state index contributed by atoms with van der Waals surface area (Å²) in [6.07, 6.45) is 1.22. The molecule has 1 fully saturated rings. The van der Waals surface area contributed by atoms with Gasteiger partial charge in [-0.15, -0.1) is 11.3 Å². The fourth-order valence-corrected chi connectivity index (χ4v) is 5.82. The molecule has 1 aliphatic heterocycles. The molecule has 8 heteroatoms. The highest BCUT2D eigenvalue weighted by molar-refractivity contribution is 7.89. The summed E-state index contributed by atoms with van der Waals surface area (Å²) in [5.74, 6) is -0.179. The molecule has 0 aliphatic carbocycles. The van der Waals surface area contributed by atoms with Crippen molar-refractivity contribution in [2.24, 2.45) is 0 Å². The lowest BCUT2D eigenvalue weighted by molar-refractivity contribution is -0.133. The molecule has 1 saturated heterocycles. The van der Waals surface area contributed by atoms with Crippen molar-refractivity contribution in [2.75, 3.05) is 13.6 Å². The normalized spacial score (nSPS) is 18.4. The van der Waals surface area contributed by atoms with Gasteiger partial charge in [-0.2, -0.15) is 4.31 Å². The van der Waals surface area contributed by atoms with Crippen LogP contribution in [0.2, 0.25) is 4.34 Å². The van der Waals surface area contributed by atoms with Crippen molar-refractivity contribution in [1.82, 2.24) is 9.21 Å². The Balaban J connectivity index is 1.77. The lowest BCUT2D eigenvalue weighted by Crippen LogP contribution is -2.46. The smallest absolute Gasteiger partial charge is 0.243 e. The number of carbonyl (C=O) groups is 1. The summed E-state index contributed by atoms with van der Waals surface area (Å²) in [6.45, 7) is 0.790. The van der Waals surface area contributed by atoms with Gasteiger partial charge in [0.1, 0.15) is 6.04 Å². The Bertz CT molecular complexity index is 852. The maximum atomic E-state index is 12.9. The Morgan fingerprint density at radius 1 is 1.28 bits per heavy atom. The zero-order valence-electron chi connectivity index (χ0n) is 13.8. The first kappa shape index (κ1) is 18.4. The predicted molar refractivity (Wildman–Crippen MR) is 99.2 cm³/mol. The topological polar surface area (TPSA) is 57.7 Å². The third-order valence-corrected chi connectivity index (χ3v) is 7.37. The number of thiophene rings is 1. The van der Waals surface area contributed by atoms with Gasteiger partial charge in [0.2, 0.25) is 15.9 Å². The summed E-state index contributed by atoms with van der Waals surface area (Å²) in [7, 11) is -1.97. The Morgan fingerprint density at radius 3 is 2.64 bits per heavy atom. The molecular formula is C17H19ClN2O3S2. The molecule has 1 aromatic heterocycles. The van der Waals surface area contributed by atoms with Gasteiger partial charge in [0.05, 0.1) is 15.8 Å². The minimum atomic E-state index is -3.67. The highest BCUT2D eigenvalue weighted by atomic mass is 35.5. The first-order chi connectivity index (χ1) is 11.9. The van der Waals surface area contributed by atoms with E-state index in [1.807, 2.05) is 6.07 Å². The minimum absolute atomic E-state index is 0.179. The molecule has 1 aliphatic rings. The van der Waals surface area contributed by atoms with E-state index in [9.17, 15) is 13.2 Å². The van der Waals surface area contributed by atoms with Gasteiger partial charge in [-0.25, -0.2) is 8.42 Å². The van der Waals surface area contributed by atoms with Crippen LogP contribution in [0.5, 0.6) is 0 Å². The van der Waals surface area contributed by atoms with Gasteiger partial charge < -0.3 is 4.90 Å². The van der Waals surface area contributed by atoms with Gasteiger partial charge >= 0.3 is 0 Å². The molecule has 1 aromatic carbocycles. The van der Waals surface area contributed by atoms with Gasteiger partial charge in [0.15, 0.2) is 0 Å². The maximum Gasteiger partial charge on any atom is 0.243 e. The Labute approximate surface area is 156 Å². The van der Waals surface area contributed by atoms with Crippen molar-refractivity contribution >= 4 is 38.9 Å². The summed E-state index contributed by atoms with van der Waals surface area (Å²) >= 11 is 7.35. The van der Waals surface area contributed by atoms with Crippen molar-refractivity contribution in [2.45, 2.75) is 30.3 Å². The van der Waals surface area contributed by atoms with Crippen molar-refractivity contribution < 1.29 is 13.2 Å². The van der Waals surface area contributed by atoms with Crippen LogP contribution in [-0.4, -0.2) is 43.2 Å². The minimum Gasteiger partial charge on any atom is -0.339 e. The second-order valence-electron chi connectivity index (χ2n) is 5.99. The van der Waals surface area contributed by atoms with E-state index < -0.39 is 16.1 Å². The summed E-state index contributed by atoms with van der Waals surface area (Å²) in [4.78, 5) is 15.6. The molecule has 0 radical (unpaired) electrons. The first-order valence-corrected chi connectivity index (χ1v) is 10.6. The van der Waals surface area contributed by atoms with Crippen LogP contribution >= 0.6 is 22.9 Å². The number of benzene rings is 1. The van der Waals surface area contributed by atoms with Gasteiger partial charge in [-0.1, -0.05) is 29.8 Å². The molecule has 5 nitrogen and oxygen atoms in total. The molecule has 25 heavy (non-hydrogen) atoms. The fraction of sp³-hybridized carbons (Fsp3) is 0.353. The molecule has 2 aromatic rings. The zero-order chi connectivity index (χ0) is 18.0. The van der Waals surface area contributed by atoms with E-state index in [4.69, 9.17) is 11.6 Å². The standard InChI is InChI=1S/C17H19ClN2O3S2/c1-19(12-13-9-10-16(18)24-13)17(21)15-8-5-11-20(15)25(22,23)14-6-3-2-4-7-14/h2-4,6-7,9-10,15H,5,8,11-12H2,1H3. The number of hydrogen-bond donors (Lipinski definition) is 0. The van der Waals surface area contributed by atoms with Crippen molar-refractivity contribution in [3.05, 3.63) is 51.7 Å². The van der Waals surface area contributed by atoms with E-state index >= 15 is 0 Å². The largest absolute Gasteiger partial charge is 0.339 e. The molecule has 1 unspecified atom stereocenters. The van der Waals surface area contributed by atoms with Gasteiger partial charge in [0.25, 0.3) is 0 Å². The number of sulfonamides is 1. The van der Waals surface area contributed by atoms with Gasteiger partial charge in [-0.3, -0.25) is 4.79 Å². The van der Waals surface area contributed by atoms with Crippen LogP contribution in [0, 0.1) is 0 Å². The second-order valence-corrected chi connectivity index (χ2v) is 9.68. The van der Waals surface area contributed by atoms with Crippen LogP contribution in [0.3, 0.4) is 0 Å². The van der Waals surface area contributed by atoms with E-state index in [0.717, 1.165) is 4.88 Å². The SMILES string of the molecule is CN(Cc1ccc(Cl)s1)C(=O)C1CCCN1S(=O)(=O)c1ccccc1. The Hall–Kier alpha value is -1.41. The van der Waals surface area contributed by atoms with E-state index in [2.05, 4.69) is 0 Å². The molecule has 0 saturated carbocycles. The van der Waals surface area contributed by atoms with Crippen molar-refractivity contribution in [3.8, 4) is 0 Å². The van der Waals surface area contributed by atoms with E-state index in [1.165, 1.54) is 15.6 Å². The number of hydrogen-bond acceptors (Lipinski definition) is 4. The fourth-order valence-electron chi connectivity index (χ4n) is 3.01. The van der Waals surface area contributed by atoms with Crippen LogP contribution in [0.1, 0.15) is 17.7 Å². The molecule has 1 atom stereocenters. The molecule has 0 bridgehead atoms. The number of carbonyl (C=O) groups excluding carboxylic acids is 1. The average Bonchev–Trinajstić information content (AvgIpc) is 3.24. The summed E-state index contributed by atoms with van der Waals surface area (Å²) in [5, 5.41) is 0. The van der Waals surface area contributed by atoms with Crippen molar-refractivity contribution in [3.63, 3.8) is 0 Å². The molecule has 1 amide bonds. The monoisotopic (exact) mass is 398 g/mol. The average molecular weight is 399 g/mol. The van der Waals surface area contributed by atoms with Crippen LogP contribution in [0.25, 0.3) is 0 Å². The lowest BCUT2D eigenvalue weighted by Gasteiger charge is -2.27. The van der Waals surface area contributed by atoms with E-state index in [-0.39, 0.29) is 10.8 Å². The Morgan fingerprint density at radius 2 is 2.00 bits per heavy atom. The zero-order valence-corrected chi connectivity index (χ0v) is 16.1. The van der Waals surface area contributed by atoms with Crippen molar-refractivity contribution in [1.29, 1.82) is 0 Å². The van der Waals surface area contributed by atoms with Crippen LogP contribution in [-0.2, 0) is 21.4 Å². The van der Waals surface area contributed by atoms with E-state index in [1.54, 1.807) is 48.3 Å². The molecule has 0 spiro atoms. The number of halogens is 1. The third kappa shape index (κ3) is 3.89. The molecule has 134 valence electrons. The molecule has 3 rings (SSSR count). The molecular weight excluding hydrogens is 380 g/mol. The highest BCUT2D eigenvalue weighted by Crippen LogP contribution is 2.28. The number of amides is 1. The quantitative estimate of drug-likeness (QED) is 0.777. The van der Waals surface area contributed by atoms with Crippen LogP contribution in [0.4, 0.5) is 0 Å². The highest BCUT2D eigenvalue weighted by Gasteiger charge is 2.40. The molecule has 0 N–H and O–H groups in total. The number of likely N-dealkylation sites (N-methyl/N-ethyl adjacent to an activating group) is 1. The van der Waals surface area contributed by atoms with Crippen LogP contribution < -0.4 is 0 Å². The van der Waals surface area contributed by atoms with Gasteiger partial charge in [-0.05, 0) is 37.1 Å². The van der Waals surface area contributed by atoms with Crippen LogP contribution in [0.15, 0.2) is 47.4 Å². The van der Waals surface area contributed by atoms with Gasteiger partial charge in [0, 0.05) is 18.5 Å². The molecule has 2 heterocycles. The summed E-state index contributed by atoms with van der Waals surface area (Å²) in [5.41, 5.74) is 0. The summed E-state index contributed by atoms with van der Waals surface area (Å²) < 4.78 is 27.8. The van der Waals surface area contributed by atoms with E-state index in [0.29, 0.717) is 30.3 Å². The first-order valence-electron chi connectivity index (χ1n) is 7.95. The Kier molecular flexibility index (Phi) is 5.48. The predicted octanol–water partition coefficient (Wildman–Crippen LogP) is 3.21. The third-order valence-electron chi connectivity index (χ3n) is 4.24. The number of rotatable bonds is 5. The number of nitrogens with zero attached hydrogens (tertiary/aromatic N) is 2. The lowest BCUT2D eigenvalue weighted by atomic mass is 10.2.